The first kappa shape index (κ1) is 20.8. The van der Waals surface area contributed by atoms with E-state index in [1.54, 1.807) is 7.05 Å². The summed E-state index contributed by atoms with van der Waals surface area (Å²) in [6, 6.07) is 0.504. The molecule has 0 aromatic rings. The molecule has 1 amide bonds. The van der Waals surface area contributed by atoms with Gasteiger partial charge in [0.1, 0.15) is 0 Å². The normalized spacial score (nSPS) is 19.4. The molecule has 1 unspecified atom stereocenters. The van der Waals surface area contributed by atoms with E-state index in [2.05, 4.69) is 20.9 Å². The molecule has 1 fully saturated rings. The highest BCUT2D eigenvalue weighted by Crippen LogP contribution is 2.16. The molecule has 0 radical (unpaired) electrons. The summed E-state index contributed by atoms with van der Waals surface area (Å²) in [5.41, 5.74) is -0.334. The molecule has 1 aliphatic heterocycles. The topological polar surface area (TPSA) is 65.5 Å². The number of guanidine groups is 1. The lowest BCUT2D eigenvalue weighted by atomic mass is 9.96. The fraction of sp³-hybridized carbons (Fsp3) is 0.857. The minimum atomic E-state index is -0.334. The lowest BCUT2D eigenvalue weighted by Gasteiger charge is -2.24. The number of amides is 1. The van der Waals surface area contributed by atoms with Gasteiger partial charge in [-0.15, -0.1) is 24.0 Å². The van der Waals surface area contributed by atoms with E-state index >= 15 is 0 Å². The van der Waals surface area contributed by atoms with Gasteiger partial charge < -0.3 is 16.0 Å². The molecular formula is C14H29IN4OS. The summed E-state index contributed by atoms with van der Waals surface area (Å²) in [6.07, 6.45) is 2.47. The first-order valence-corrected chi connectivity index (χ1v) is 8.42. The lowest BCUT2D eigenvalue weighted by Crippen LogP contribution is -2.47. The molecule has 1 saturated heterocycles. The smallest absolute Gasteiger partial charge is 0.225 e. The maximum atomic E-state index is 11.7. The fourth-order valence-electron chi connectivity index (χ4n) is 1.86. The van der Waals surface area contributed by atoms with E-state index in [1.165, 1.54) is 18.6 Å². The second-order valence-corrected chi connectivity index (χ2v) is 7.21. The van der Waals surface area contributed by atoms with Crippen LogP contribution >= 0.6 is 35.7 Å². The van der Waals surface area contributed by atoms with E-state index in [1.807, 2.05) is 32.5 Å². The van der Waals surface area contributed by atoms with Crippen LogP contribution in [-0.4, -0.2) is 49.6 Å². The number of hydrogen-bond acceptors (Lipinski definition) is 3. The predicted octanol–water partition coefficient (Wildman–Crippen LogP) is 1.83. The van der Waals surface area contributed by atoms with Crippen molar-refractivity contribution in [1.82, 2.24) is 16.0 Å². The molecule has 1 aliphatic rings. The van der Waals surface area contributed by atoms with Crippen LogP contribution in [0.15, 0.2) is 4.99 Å². The summed E-state index contributed by atoms with van der Waals surface area (Å²) < 4.78 is 0. The maximum Gasteiger partial charge on any atom is 0.225 e. The monoisotopic (exact) mass is 428 g/mol. The summed E-state index contributed by atoms with van der Waals surface area (Å²) in [6.45, 7) is 7.03. The molecule has 1 heterocycles. The van der Waals surface area contributed by atoms with Crippen LogP contribution in [0.25, 0.3) is 0 Å². The van der Waals surface area contributed by atoms with E-state index in [0.29, 0.717) is 19.1 Å². The molecule has 0 bridgehead atoms. The van der Waals surface area contributed by atoms with Crippen molar-refractivity contribution >= 4 is 47.6 Å². The van der Waals surface area contributed by atoms with Crippen LogP contribution in [-0.2, 0) is 4.79 Å². The molecule has 1 atom stereocenters. The van der Waals surface area contributed by atoms with Crippen LogP contribution in [0.3, 0.4) is 0 Å². The molecule has 7 heteroatoms. The van der Waals surface area contributed by atoms with Gasteiger partial charge in [0.15, 0.2) is 5.96 Å². The quantitative estimate of drug-likeness (QED) is 0.277. The Kier molecular flexibility index (Phi) is 10.4. The highest BCUT2D eigenvalue weighted by atomic mass is 127. The van der Waals surface area contributed by atoms with Gasteiger partial charge in [-0.3, -0.25) is 9.79 Å². The third kappa shape index (κ3) is 8.75. The molecule has 0 aliphatic carbocycles. The van der Waals surface area contributed by atoms with Crippen molar-refractivity contribution < 1.29 is 4.79 Å². The SMILES string of the molecule is CN=C(NCCNC(=O)C(C)(C)C)NC1CCCSC1.I. The number of aliphatic imine (C=N–C) groups is 1. The van der Waals surface area contributed by atoms with Crippen LogP contribution in [0.2, 0.25) is 0 Å². The summed E-state index contributed by atoms with van der Waals surface area (Å²) in [4.78, 5) is 15.9. The minimum absolute atomic E-state index is 0. The largest absolute Gasteiger partial charge is 0.355 e. The Labute approximate surface area is 149 Å². The molecular weight excluding hydrogens is 399 g/mol. The maximum absolute atomic E-state index is 11.7. The van der Waals surface area contributed by atoms with Crippen molar-refractivity contribution in [2.24, 2.45) is 10.4 Å². The average Bonchev–Trinajstić information content (AvgIpc) is 2.42. The standard InChI is InChI=1S/C14H28N4OS.HI/c1-14(2,3)12(19)16-7-8-17-13(15-4)18-11-6-5-9-20-10-11;/h11H,5-10H2,1-4H3,(H,16,19)(H2,15,17,18);1H. The molecule has 124 valence electrons. The van der Waals surface area contributed by atoms with E-state index in [9.17, 15) is 4.79 Å². The van der Waals surface area contributed by atoms with Crippen LogP contribution in [0, 0.1) is 5.41 Å². The zero-order valence-corrected chi connectivity index (χ0v) is 16.6. The zero-order valence-electron chi connectivity index (χ0n) is 13.5. The van der Waals surface area contributed by atoms with E-state index in [-0.39, 0.29) is 35.3 Å². The van der Waals surface area contributed by atoms with Crippen molar-refractivity contribution in [2.45, 2.75) is 39.7 Å². The molecule has 0 aromatic carbocycles. The zero-order chi connectivity index (χ0) is 15.0. The number of nitrogens with one attached hydrogen (secondary N) is 3. The number of carbonyl (C=O) groups is 1. The minimum Gasteiger partial charge on any atom is -0.355 e. The summed E-state index contributed by atoms with van der Waals surface area (Å²) in [7, 11) is 1.78. The van der Waals surface area contributed by atoms with Gasteiger partial charge in [-0.25, -0.2) is 0 Å². The number of hydrogen-bond donors (Lipinski definition) is 3. The van der Waals surface area contributed by atoms with Gasteiger partial charge in [-0.2, -0.15) is 11.8 Å². The Morgan fingerprint density at radius 3 is 2.48 bits per heavy atom. The summed E-state index contributed by atoms with van der Waals surface area (Å²) in [5, 5.41) is 9.59. The van der Waals surface area contributed by atoms with Gasteiger partial charge in [0.05, 0.1) is 0 Å². The molecule has 5 nitrogen and oxygen atoms in total. The lowest BCUT2D eigenvalue weighted by molar-refractivity contribution is -0.128. The number of halogens is 1. The number of carbonyl (C=O) groups excluding carboxylic acids is 1. The van der Waals surface area contributed by atoms with Gasteiger partial charge in [-0.05, 0) is 18.6 Å². The Bertz CT molecular complexity index is 338. The molecule has 3 N–H and O–H groups in total. The number of nitrogens with zero attached hydrogens (tertiary/aromatic N) is 1. The van der Waals surface area contributed by atoms with E-state index < -0.39 is 0 Å². The third-order valence-electron chi connectivity index (χ3n) is 3.11. The van der Waals surface area contributed by atoms with Crippen molar-refractivity contribution in [3.8, 4) is 0 Å². The third-order valence-corrected chi connectivity index (χ3v) is 4.32. The van der Waals surface area contributed by atoms with Crippen LogP contribution in [0.5, 0.6) is 0 Å². The van der Waals surface area contributed by atoms with E-state index in [4.69, 9.17) is 0 Å². The summed E-state index contributed by atoms with van der Waals surface area (Å²) in [5.74, 6) is 3.30. The van der Waals surface area contributed by atoms with Crippen LogP contribution in [0.1, 0.15) is 33.6 Å². The predicted molar refractivity (Wildman–Crippen MR) is 103 cm³/mol. The number of rotatable bonds is 4. The second-order valence-electron chi connectivity index (χ2n) is 6.06. The Morgan fingerprint density at radius 2 is 1.95 bits per heavy atom. The Hall–Kier alpha value is -0.180. The second kappa shape index (κ2) is 10.5. The van der Waals surface area contributed by atoms with Crippen LogP contribution in [0.4, 0.5) is 0 Å². The fourth-order valence-corrected chi connectivity index (χ4v) is 2.94. The van der Waals surface area contributed by atoms with E-state index in [0.717, 1.165) is 11.7 Å². The van der Waals surface area contributed by atoms with Gasteiger partial charge in [0.2, 0.25) is 5.91 Å². The van der Waals surface area contributed by atoms with Gasteiger partial charge in [-0.1, -0.05) is 20.8 Å². The Morgan fingerprint density at radius 1 is 1.29 bits per heavy atom. The van der Waals surface area contributed by atoms with Crippen molar-refractivity contribution in [2.75, 3.05) is 31.6 Å². The summed E-state index contributed by atoms with van der Waals surface area (Å²) >= 11 is 1.99. The first-order valence-electron chi connectivity index (χ1n) is 7.26. The molecule has 0 aromatic heterocycles. The molecule has 0 saturated carbocycles. The Balaban J connectivity index is 0.00000400. The number of thioether (sulfide) groups is 1. The van der Waals surface area contributed by atoms with Gasteiger partial charge >= 0.3 is 0 Å². The highest BCUT2D eigenvalue weighted by Gasteiger charge is 2.20. The van der Waals surface area contributed by atoms with Crippen molar-refractivity contribution in [1.29, 1.82) is 0 Å². The molecule has 21 heavy (non-hydrogen) atoms. The average molecular weight is 428 g/mol. The van der Waals surface area contributed by atoms with Gasteiger partial charge in [0.25, 0.3) is 0 Å². The van der Waals surface area contributed by atoms with Crippen molar-refractivity contribution in [3.63, 3.8) is 0 Å². The van der Waals surface area contributed by atoms with Crippen LogP contribution < -0.4 is 16.0 Å². The molecule has 1 rings (SSSR count). The first-order chi connectivity index (χ1) is 9.43. The van der Waals surface area contributed by atoms with Gasteiger partial charge in [0, 0.05) is 37.3 Å². The highest BCUT2D eigenvalue weighted by molar-refractivity contribution is 14.0. The van der Waals surface area contributed by atoms with Crippen molar-refractivity contribution in [3.05, 3.63) is 0 Å². The molecule has 0 spiro atoms.